The topological polar surface area (TPSA) is 26.3 Å². The van der Waals surface area contributed by atoms with Crippen LogP contribution in [0.1, 0.15) is 36.2 Å². The van der Waals surface area contributed by atoms with Crippen LogP contribution in [0.2, 0.25) is 0 Å². The van der Waals surface area contributed by atoms with Gasteiger partial charge >= 0.3 is 0 Å². The highest BCUT2D eigenvalue weighted by atomic mass is 16.5. The maximum atomic E-state index is 11.8. The molecular weight excluding hydrogens is 188 g/mol. The van der Waals surface area contributed by atoms with Crippen molar-refractivity contribution in [2.45, 2.75) is 25.9 Å². The van der Waals surface area contributed by atoms with Gasteiger partial charge in [0.2, 0.25) is 0 Å². The van der Waals surface area contributed by atoms with Crippen molar-refractivity contribution in [3.05, 3.63) is 29.3 Å². The zero-order valence-corrected chi connectivity index (χ0v) is 8.83. The molecule has 1 aliphatic heterocycles. The second-order valence-corrected chi connectivity index (χ2v) is 4.32. The number of terminal acetylenes is 1. The van der Waals surface area contributed by atoms with Crippen molar-refractivity contribution in [1.29, 1.82) is 0 Å². The molecule has 0 saturated carbocycles. The van der Waals surface area contributed by atoms with Gasteiger partial charge < -0.3 is 4.74 Å². The van der Waals surface area contributed by atoms with Crippen LogP contribution in [-0.4, -0.2) is 11.4 Å². The number of rotatable bonds is 0. The van der Waals surface area contributed by atoms with Crippen LogP contribution in [-0.2, 0) is 0 Å². The molecule has 76 valence electrons. The van der Waals surface area contributed by atoms with Crippen molar-refractivity contribution in [2.24, 2.45) is 0 Å². The Hall–Kier alpha value is -1.75. The second kappa shape index (κ2) is 3.13. The molecule has 0 radical (unpaired) electrons. The molecule has 0 saturated heterocycles. The first-order valence-corrected chi connectivity index (χ1v) is 4.85. The van der Waals surface area contributed by atoms with Crippen molar-refractivity contribution in [1.82, 2.24) is 0 Å². The van der Waals surface area contributed by atoms with Gasteiger partial charge in [0.15, 0.2) is 5.78 Å². The zero-order valence-electron chi connectivity index (χ0n) is 8.83. The van der Waals surface area contributed by atoms with Crippen LogP contribution in [0.25, 0.3) is 0 Å². The summed E-state index contributed by atoms with van der Waals surface area (Å²) in [6.45, 7) is 3.81. The van der Waals surface area contributed by atoms with E-state index in [2.05, 4.69) is 5.92 Å². The highest BCUT2D eigenvalue weighted by Crippen LogP contribution is 2.33. The van der Waals surface area contributed by atoms with Crippen LogP contribution in [0, 0.1) is 12.3 Å². The van der Waals surface area contributed by atoms with E-state index in [9.17, 15) is 4.79 Å². The van der Waals surface area contributed by atoms with Crippen LogP contribution in [0.4, 0.5) is 0 Å². The van der Waals surface area contributed by atoms with Gasteiger partial charge in [-0.15, -0.1) is 6.42 Å². The molecule has 2 nitrogen and oxygen atoms in total. The normalized spacial score (nSPS) is 17.5. The monoisotopic (exact) mass is 200 g/mol. The molecule has 0 bridgehead atoms. The lowest BCUT2D eigenvalue weighted by Crippen LogP contribution is -2.35. The summed E-state index contributed by atoms with van der Waals surface area (Å²) in [6, 6.07) is 5.27. The van der Waals surface area contributed by atoms with Crippen molar-refractivity contribution >= 4 is 5.78 Å². The molecule has 1 heterocycles. The lowest BCUT2D eigenvalue weighted by molar-refractivity contribution is 0.0620. The van der Waals surface area contributed by atoms with E-state index >= 15 is 0 Å². The molecule has 0 aromatic heterocycles. The quantitative estimate of drug-likeness (QED) is 0.601. The Labute approximate surface area is 89.3 Å². The zero-order chi connectivity index (χ0) is 11.1. The van der Waals surface area contributed by atoms with Gasteiger partial charge in [0.05, 0.1) is 12.0 Å². The van der Waals surface area contributed by atoms with E-state index in [1.165, 1.54) is 0 Å². The predicted octanol–water partition coefficient (Wildman–Crippen LogP) is 2.41. The van der Waals surface area contributed by atoms with Crippen molar-refractivity contribution in [3.8, 4) is 18.1 Å². The first kappa shape index (κ1) is 9.79. The SMILES string of the molecule is C#Cc1ccc2c(c1)C(=O)CC(C)(C)O2. The summed E-state index contributed by atoms with van der Waals surface area (Å²) in [6.07, 6.45) is 5.68. The third kappa shape index (κ3) is 1.73. The summed E-state index contributed by atoms with van der Waals surface area (Å²) < 4.78 is 5.70. The molecule has 0 atom stereocenters. The van der Waals surface area contributed by atoms with Crippen LogP contribution in [0.15, 0.2) is 18.2 Å². The molecule has 0 aliphatic carbocycles. The van der Waals surface area contributed by atoms with Crippen LogP contribution in [0.3, 0.4) is 0 Å². The summed E-state index contributed by atoms with van der Waals surface area (Å²) in [5.41, 5.74) is 0.900. The highest BCUT2D eigenvalue weighted by Gasteiger charge is 2.32. The van der Waals surface area contributed by atoms with E-state index in [1.54, 1.807) is 18.2 Å². The molecular formula is C13H12O2. The fourth-order valence-corrected chi connectivity index (χ4v) is 1.74. The van der Waals surface area contributed by atoms with Gasteiger partial charge in [-0.1, -0.05) is 5.92 Å². The summed E-state index contributed by atoms with van der Waals surface area (Å²) >= 11 is 0. The fraction of sp³-hybridized carbons (Fsp3) is 0.308. The molecule has 15 heavy (non-hydrogen) atoms. The first-order chi connectivity index (χ1) is 7.02. The average molecular weight is 200 g/mol. The van der Waals surface area contributed by atoms with Gasteiger partial charge in [0, 0.05) is 5.56 Å². The van der Waals surface area contributed by atoms with Crippen molar-refractivity contribution in [3.63, 3.8) is 0 Å². The molecule has 2 heteroatoms. The molecule has 0 amide bonds. The van der Waals surface area contributed by atoms with Gasteiger partial charge in [-0.05, 0) is 32.0 Å². The van der Waals surface area contributed by atoms with Gasteiger partial charge in [-0.3, -0.25) is 4.79 Å². The second-order valence-electron chi connectivity index (χ2n) is 4.32. The molecule has 1 aromatic carbocycles. The number of ketones is 1. The van der Waals surface area contributed by atoms with E-state index in [1.807, 2.05) is 13.8 Å². The van der Waals surface area contributed by atoms with Gasteiger partial charge in [0.1, 0.15) is 11.4 Å². The lowest BCUT2D eigenvalue weighted by atomic mass is 9.92. The Morgan fingerprint density at radius 3 is 2.87 bits per heavy atom. The number of fused-ring (bicyclic) bond motifs is 1. The maximum Gasteiger partial charge on any atom is 0.170 e. The largest absolute Gasteiger partial charge is 0.487 e. The Bertz CT molecular complexity index is 464. The van der Waals surface area contributed by atoms with E-state index < -0.39 is 5.60 Å². The molecule has 0 N–H and O–H groups in total. The summed E-state index contributed by atoms with van der Waals surface area (Å²) in [7, 11) is 0. The smallest absolute Gasteiger partial charge is 0.170 e. The number of Topliss-reactive ketones (excluding diaryl/α,β-unsaturated/α-hetero) is 1. The van der Waals surface area contributed by atoms with Gasteiger partial charge in [0.25, 0.3) is 0 Å². The Balaban J connectivity index is 2.52. The molecule has 0 spiro atoms. The highest BCUT2D eigenvalue weighted by molar-refractivity contribution is 6.00. The molecule has 0 unspecified atom stereocenters. The molecule has 1 aromatic rings. The van der Waals surface area contributed by atoms with E-state index in [4.69, 9.17) is 11.2 Å². The van der Waals surface area contributed by atoms with Crippen LogP contribution in [0.5, 0.6) is 5.75 Å². The first-order valence-electron chi connectivity index (χ1n) is 4.85. The number of hydrogen-bond donors (Lipinski definition) is 0. The molecule has 2 rings (SSSR count). The number of hydrogen-bond acceptors (Lipinski definition) is 2. The number of ether oxygens (including phenoxy) is 1. The minimum atomic E-state index is -0.415. The molecule has 0 fully saturated rings. The summed E-state index contributed by atoms with van der Waals surface area (Å²) in [4.78, 5) is 11.8. The fourth-order valence-electron chi connectivity index (χ4n) is 1.74. The Kier molecular flexibility index (Phi) is 2.04. The van der Waals surface area contributed by atoms with Crippen molar-refractivity contribution < 1.29 is 9.53 Å². The average Bonchev–Trinajstić information content (AvgIpc) is 2.15. The third-order valence-electron chi connectivity index (χ3n) is 2.42. The number of benzene rings is 1. The minimum Gasteiger partial charge on any atom is -0.487 e. The summed E-state index contributed by atoms with van der Waals surface area (Å²) in [5.74, 6) is 3.24. The predicted molar refractivity (Wildman–Crippen MR) is 58.0 cm³/mol. The van der Waals surface area contributed by atoms with Crippen molar-refractivity contribution in [2.75, 3.05) is 0 Å². The summed E-state index contributed by atoms with van der Waals surface area (Å²) in [5, 5.41) is 0. The molecule has 1 aliphatic rings. The van der Waals surface area contributed by atoms with Gasteiger partial charge in [-0.25, -0.2) is 0 Å². The number of carbonyl (C=O) groups is 1. The maximum absolute atomic E-state index is 11.8. The Morgan fingerprint density at radius 1 is 1.47 bits per heavy atom. The van der Waals surface area contributed by atoms with Crippen LogP contribution >= 0.6 is 0 Å². The third-order valence-corrected chi connectivity index (χ3v) is 2.42. The number of carbonyl (C=O) groups excluding carboxylic acids is 1. The van der Waals surface area contributed by atoms with E-state index in [-0.39, 0.29) is 5.78 Å². The standard InChI is InChI=1S/C13H12O2/c1-4-9-5-6-12-10(7-9)11(14)8-13(2,3)15-12/h1,5-7H,8H2,2-3H3. The Morgan fingerprint density at radius 2 is 2.20 bits per heavy atom. The van der Waals surface area contributed by atoms with E-state index in [0.717, 1.165) is 0 Å². The van der Waals surface area contributed by atoms with Crippen LogP contribution < -0.4 is 4.74 Å². The van der Waals surface area contributed by atoms with Gasteiger partial charge in [-0.2, -0.15) is 0 Å². The minimum absolute atomic E-state index is 0.0957. The van der Waals surface area contributed by atoms with E-state index in [0.29, 0.717) is 23.3 Å². The lowest BCUT2D eigenvalue weighted by Gasteiger charge is -2.31.